The summed E-state index contributed by atoms with van der Waals surface area (Å²) in [6.45, 7) is 0.334. The highest BCUT2D eigenvalue weighted by molar-refractivity contribution is 5.64. The fourth-order valence-corrected chi connectivity index (χ4v) is 5.99. The van der Waals surface area contributed by atoms with Crippen molar-refractivity contribution in [1.82, 2.24) is 24.1 Å². The molecule has 1 fully saturated rings. The number of halogens is 3. The van der Waals surface area contributed by atoms with Gasteiger partial charge in [0, 0.05) is 25.1 Å². The number of fused-ring (bicyclic) bond motifs is 2. The summed E-state index contributed by atoms with van der Waals surface area (Å²) < 4.78 is 44.2. The Morgan fingerprint density at radius 3 is 2.49 bits per heavy atom. The molecule has 1 aliphatic heterocycles. The molecule has 0 saturated carbocycles. The van der Waals surface area contributed by atoms with Crippen LogP contribution in [0.25, 0.3) is 16.9 Å². The Hall–Kier alpha value is -3.54. The SMILES string of the molecule is O=c1c2ncc(-c3ccc4c(c3)C[CH]C4)n2ncn1CC1(O)CCN(C(O)CC(c2ccccc2)C(F)(F)F)CC1. The van der Waals surface area contributed by atoms with Crippen molar-refractivity contribution in [1.29, 1.82) is 0 Å². The van der Waals surface area contributed by atoms with E-state index in [9.17, 15) is 28.2 Å². The summed E-state index contributed by atoms with van der Waals surface area (Å²) >= 11 is 0. The van der Waals surface area contributed by atoms with Crippen LogP contribution in [0.1, 0.15) is 41.9 Å². The lowest BCUT2D eigenvalue weighted by atomic mass is 9.89. The van der Waals surface area contributed by atoms with Gasteiger partial charge in [0.1, 0.15) is 12.6 Å². The third-order valence-corrected chi connectivity index (χ3v) is 8.39. The summed E-state index contributed by atoms with van der Waals surface area (Å²) in [6, 6.07) is 13.7. The second-order valence-corrected chi connectivity index (χ2v) is 11.1. The van der Waals surface area contributed by atoms with Gasteiger partial charge < -0.3 is 10.2 Å². The van der Waals surface area contributed by atoms with E-state index in [1.54, 1.807) is 29.3 Å². The van der Waals surface area contributed by atoms with Crippen molar-refractivity contribution in [2.45, 2.75) is 62.6 Å². The minimum Gasteiger partial charge on any atom is -0.388 e. The van der Waals surface area contributed by atoms with E-state index in [4.69, 9.17) is 0 Å². The molecule has 215 valence electrons. The zero-order valence-electron chi connectivity index (χ0n) is 22.3. The number of alkyl halides is 3. The predicted molar refractivity (Wildman–Crippen MR) is 146 cm³/mol. The molecule has 4 aromatic rings. The molecule has 3 heterocycles. The number of nitrogens with zero attached hydrogens (tertiary/aromatic N) is 5. The number of imidazole rings is 1. The first-order chi connectivity index (χ1) is 19.6. The molecule has 8 nitrogen and oxygen atoms in total. The number of rotatable bonds is 7. The maximum atomic E-state index is 13.8. The van der Waals surface area contributed by atoms with Gasteiger partial charge in [0.25, 0.3) is 5.56 Å². The molecule has 2 N–H and O–H groups in total. The van der Waals surface area contributed by atoms with Gasteiger partial charge in [-0.25, -0.2) is 9.50 Å². The van der Waals surface area contributed by atoms with E-state index in [1.165, 1.54) is 38.7 Å². The Morgan fingerprint density at radius 1 is 1.02 bits per heavy atom. The van der Waals surface area contributed by atoms with E-state index in [0.717, 1.165) is 18.4 Å². The third-order valence-electron chi connectivity index (χ3n) is 8.39. The Labute approximate surface area is 234 Å². The van der Waals surface area contributed by atoms with Crippen molar-refractivity contribution in [2.75, 3.05) is 13.1 Å². The predicted octanol–water partition coefficient (Wildman–Crippen LogP) is 3.74. The summed E-state index contributed by atoms with van der Waals surface area (Å²) in [5.41, 5.74) is 2.73. The van der Waals surface area contributed by atoms with Gasteiger partial charge in [0.15, 0.2) is 0 Å². The molecule has 2 aromatic heterocycles. The van der Waals surface area contributed by atoms with E-state index >= 15 is 0 Å². The summed E-state index contributed by atoms with van der Waals surface area (Å²) in [7, 11) is 0. The number of aliphatic hydroxyl groups is 2. The van der Waals surface area contributed by atoms with Gasteiger partial charge in [-0.15, -0.1) is 0 Å². The molecule has 1 saturated heterocycles. The normalized spacial score (nSPS) is 18.9. The highest BCUT2D eigenvalue weighted by atomic mass is 19.4. The van der Waals surface area contributed by atoms with Crippen LogP contribution in [0.15, 0.2) is 65.8 Å². The molecule has 2 unspecified atom stereocenters. The quantitative estimate of drug-likeness (QED) is 0.354. The number of likely N-dealkylation sites (tertiary alicyclic amines) is 1. The Balaban J connectivity index is 1.13. The number of hydrogen-bond donors (Lipinski definition) is 2. The largest absolute Gasteiger partial charge is 0.395 e. The molecule has 0 spiro atoms. The number of benzene rings is 2. The van der Waals surface area contributed by atoms with Crippen molar-refractivity contribution in [3.8, 4) is 11.3 Å². The molecule has 1 aliphatic carbocycles. The molecule has 0 bridgehead atoms. The first kappa shape index (κ1) is 27.6. The van der Waals surface area contributed by atoms with Crippen LogP contribution in [-0.4, -0.2) is 65.4 Å². The molecule has 2 aromatic carbocycles. The minimum absolute atomic E-state index is 0.0364. The topological polar surface area (TPSA) is 95.9 Å². The summed E-state index contributed by atoms with van der Waals surface area (Å²) in [5, 5.41) is 26.4. The molecule has 6 rings (SSSR count). The van der Waals surface area contributed by atoms with Crippen molar-refractivity contribution >= 4 is 5.65 Å². The van der Waals surface area contributed by atoms with Crippen molar-refractivity contribution in [3.05, 3.63) is 94.5 Å². The van der Waals surface area contributed by atoms with Crippen LogP contribution in [0.4, 0.5) is 13.2 Å². The molecule has 41 heavy (non-hydrogen) atoms. The molecule has 2 atom stereocenters. The monoisotopic (exact) mass is 566 g/mol. The molecular formula is C30H31F3N5O3. The second-order valence-electron chi connectivity index (χ2n) is 11.1. The molecule has 11 heteroatoms. The van der Waals surface area contributed by atoms with Crippen LogP contribution in [0.2, 0.25) is 0 Å². The maximum Gasteiger partial charge on any atom is 0.395 e. The van der Waals surface area contributed by atoms with Crippen LogP contribution >= 0.6 is 0 Å². The van der Waals surface area contributed by atoms with Gasteiger partial charge in [-0.1, -0.05) is 42.5 Å². The highest BCUT2D eigenvalue weighted by Crippen LogP contribution is 2.39. The number of aliphatic hydroxyl groups excluding tert-OH is 1. The van der Waals surface area contributed by atoms with Gasteiger partial charge in [-0.2, -0.15) is 18.3 Å². The number of aromatic nitrogens is 4. The number of hydrogen-bond acceptors (Lipinski definition) is 6. The molecule has 2 aliphatic rings. The third kappa shape index (κ3) is 5.53. The molecular weight excluding hydrogens is 535 g/mol. The van der Waals surface area contributed by atoms with Gasteiger partial charge >= 0.3 is 6.18 Å². The van der Waals surface area contributed by atoms with Crippen molar-refractivity contribution in [2.24, 2.45) is 0 Å². The van der Waals surface area contributed by atoms with Gasteiger partial charge in [0.05, 0.1) is 30.0 Å². The fraction of sp³-hybridized carbons (Fsp3) is 0.400. The van der Waals surface area contributed by atoms with Crippen LogP contribution in [-0.2, 0) is 19.4 Å². The van der Waals surface area contributed by atoms with Crippen LogP contribution < -0.4 is 5.56 Å². The van der Waals surface area contributed by atoms with Crippen molar-refractivity contribution < 1.29 is 23.4 Å². The lowest BCUT2D eigenvalue weighted by Crippen LogP contribution is -2.51. The zero-order chi connectivity index (χ0) is 28.8. The Bertz CT molecular complexity index is 1590. The van der Waals surface area contributed by atoms with Crippen LogP contribution in [0, 0.1) is 6.42 Å². The van der Waals surface area contributed by atoms with Gasteiger partial charge in [0.2, 0.25) is 5.65 Å². The van der Waals surface area contributed by atoms with Crippen LogP contribution in [0.3, 0.4) is 0 Å². The summed E-state index contributed by atoms with van der Waals surface area (Å²) in [4.78, 5) is 19.1. The molecule has 1 radical (unpaired) electrons. The Morgan fingerprint density at radius 2 is 1.76 bits per heavy atom. The van der Waals surface area contributed by atoms with E-state index < -0.39 is 35.9 Å². The average Bonchev–Trinajstić information content (AvgIpc) is 3.60. The van der Waals surface area contributed by atoms with E-state index in [2.05, 4.69) is 28.6 Å². The smallest absolute Gasteiger partial charge is 0.388 e. The average molecular weight is 567 g/mol. The summed E-state index contributed by atoms with van der Waals surface area (Å²) in [6.07, 6.45) is 1.10. The van der Waals surface area contributed by atoms with E-state index in [-0.39, 0.29) is 43.7 Å². The lowest BCUT2D eigenvalue weighted by Gasteiger charge is -2.41. The fourth-order valence-electron chi connectivity index (χ4n) is 5.99. The molecule has 0 amide bonds. The minimum atomic E-state index is -4.50. The summed E-state index contributed by atoms with van der Waals surface area (Å²) in [5.74, 6) is -1.80. The highest BCUT2D eigenvalue weighted by Gasteiger charge is 2.43. The number of piperidine rings is 1. The van der Waals surface area contributed by atoms with Gasteiger partial charge in [-0.05, 0) is 54.9 Å². The maximum absolute atomic E-state index is 13.8. The standard InChI is InChI=1S/C30H31F3N5O3/c31-30(32,33)24(21-5-2-1-3-6-21)16-26(39)36-13-11-29(41,12-14-36)18-37-19-35-38-25(17-34-27(38)28(37)40)23-10-9-20-7-4-8-22(20)15-23/h1-6,9-10,15,17,19,24,26,39,41H,7-8,11-14,16,18H2. The van der Waals surface area contributed by atoms with Gasteiger partial charge in [-0.3, -0.25) is 14.3 Å². The van der Waals surface area contributed by atoms with Crippen molar-refractivity contribution in [3.63, 3.8) is 0 Å². The van der Waals surface area contributed by atoms with E-state index in [1.807, 2.05) is 6.07 Å². The van der Waals surface area contributed by atoms with Crippen LogP contribution in [0.5, 0.6) is 0 Å². The Kier molecular flexibility index (Phi) is 7.21. The zero-order valence-corrected chi connectivity index (χ0v) is 22.3. The first-order valence-electron chi connectivity index (χ1n) is 13.7. The second kappa shape index (κ2) is 10.7. The lowest BCUT2D eigenvalue weighted by molar-refractivity contribution is -0.166. The first-order valence-corrected chi connectivity index (χ1v) is 13.7. The van der Waals surface area contributed by atoms with E-state index in [0.29, 0.717) is 5.69 Å².